The van der Waals surface area contributed by atoms with E-state index in [1.807, 2.05) is 0 Å². The summed E-state index contributed by atoms with van der Waals surface area (Å²) in [5.74, 6) is 0.743. The average Bonchev–Trinajstić information content (AvgIpc) is 2.65. The summed E-state index contributed by atoms with van der Waals surface area (Å²) < 4.78 is 0. The van der Waals surface area contributed by atoms with Crippen LogP contribution in [0.3, 0.4) is 0 Å². The van der Waals surface area contributed by atoms with Crippen LogP contribution < -0.4 is 5.32 Å². The summed E-state index contributed by atoms with van der Waals surface area (Å²) in [6.45, 7) is 6.72. The number of rotatable bonds is 3. The molecule has 1 aromatic rings. The third-order valence-corrected chi connectivity index (χ3v) is 4.11. The molecular formula is C15H24N2. The lowest BCUT2D eigenvalue weighted by atomic mass is 9.92. The Kier molecular flexibility index (Phi) is 3.85. The van der Waals surface area contributed by atoms with Crippen LogP contribution in [0, 0.1) is 19.8 Å². The van der Waals surface area contributed by atoms with Gasteiger partial charge in [0.25, 0.3) is 0 Å². The van der Waals surface area contributed by atoms with Gasteiger partial charge in [-0.05, 0) is 70.1 Å². The Labute approximate surface area is 105 Å². The molecule has 0 radical (unpaired) electrons. The average molecular weight is 232 g/mol. The summed E-state index contributed by atoms with van der Waals surface area (Å²) >= 11 is 0. The van der Waals surface area contributed by atoms with E-state index in [9.17, 15) is 0 Å². The van der Waals surface area contributed by atoms with Gasteiger partial charge in [0.05, 0.1) is 0 Å². The molecule has 1 N–H and O–H groups in total. The number of nitrogens with one attached hydrogen (secondary N) is 1. The van der Waals surface area contributed by atoms with Gasteiger partial charge in [0, 0.05) is 6.04 Å². The number of nitrogens with zero attached hydrogens (tertiary/aromatic N) is 1. The first-order valence-corrected chi connectivity index (χ1v) is 6.55. The third kappa shape index (κ3) is 2.53. The predicted molar refractivity (Wildman–Crippen MR) is 73.3 cm³/mol. The first-order chi connectivity index (χ1) is 8.13. The van der Waals surface area contributed by atoms with E-state index >= 15 is 0 Å². The monoisotopic (exact) mass is 232 g/mol. The Morgan fingerprint density at radius 1 is 1.29 bits per heavy atom. The smallest absolute Gasteiger partial charge is 0.0385 e. The Morgan fingerprint density at radius 3 is 2.71 bits per heavy atom. The molecule has 2 unspecified atom stereocenters. The lowest BCUT2D eigenvalue weighted by Gasteiger charge is -2.26. The zero-order valence-electron chi connectivity index (χ0n) is 11.5. The van der Waals surface area contributed by atoms with Gasteiger partial charge in [-0.2, -0.15) is 0 Å². The van der Waals surface area contributed by atoms with Gasteiger partial charge >= 0.3 is 0 Å². The molecule has 1 heterocycles. The third-order valence-electron chi connectivity index (χ3n) is 4.11. The summed E-state index contributed by atoms with van der Waals surface area (Å²) in [6.07, 6.45) is 1.30. The van der Waals surface area contributed by atoms with E-state index in [0.29, 0.717) is 6.04 Å². The van der Waals surface area contributed by atoms with Crippen LogP contribution >= 0.6 is 0 Å². The van der Waals surface area contributed by atoms with Gasteiger partial charge in [-0.3, -0.25) is 4.90 Å². The van der Waals surface area contributed by atoms with Gasteiger partial charge in [0.2, 0.25) is 0 Å². The van der Waals surface area contributed by atoms with E-state index in [1.165, 1.54) is 29.7 Å². The first-order valence-electron chi connectivity index (χ1n) is 6.55. The van der Waals surface area contributed by atoms with Crippen molar-refractivity contribution in [1.82, 2.24) is 10.2 Å². The lowest BCUT2D eigenvalue weighted by molar-refractivity contribution is 0.274. The Balaban J connectivity index is 2.26. The second kappa shape index (κ2) is 5.19. The molecule has 0 aliphatic carbocycles. The molecule has 2 heteroatoms. The number of hydrogen-bond donors (Lipinski definition) is 1. The number of hydrogen-bond acceptors (Lipinski definition) is 2. The maximum atomic E-state index is 3.33. The topological polar surface area (TPSA) is 15.3 Å². The van der Waals surface area contributed by atoms with Crippen LogP contribution in [-0.4, -0.2) is 32.1 Å². The molecule has 0 spiro atoms. The lowest BCUT2D eigenvalue weighted by Crippen LogP contribution is -2.26. The fourth-order valence-electron chi connectivity index (χ4n) is 2.98. The van der Waals surface area contributed by atoms with Gasteiger partial charge < -0.3 is 5.32 Å². The van der Waals surface area contributed by atoms with Crippen LogP contribution in [0.25, 0.3) is 0 Å². The van der Waals surface area contributed by atoms with E-state index in [2.05, 4.69) is 56.4 Å². The molecule has 0 amide bonds. The second-order valence-corrected chi connectivity index (χ2v) is 5.38. The van der Waals surface area contributed by atoms with Crippen molar-refractivity contribution in [3.63, 3.8) is 0 Å². The van der Waals surface area contributed by atoms with E-state index in [1.54, 1.807) is 0 Å². The minimum Gasteiger partial charge on any atom is -0.319 e. The summed E-state index contributed by atoms with van der Waals surface area (Å²) in [5, 5.41) is 3.33. The van der Waals surface area contributed by atoms with Crippen LogP contribution in [0.5, 0.6) is 0 Å². The van der Waals surface area contributed by atoms with Crippen LogP contribution in [0.1, 0.15) is 29.2 Å². The molecule has 94 valence electrons. The molecule has 0 bridgehead atoms. The quantitative estimate of drug-likeness (QED) is 0.861. The summed E-state index contributed by atoms with van der Waals surface area (Å²) in [7, 11) is 4.30. The van der Waals surface area contributed by atoms with E-state index < -0.39 is 0 Å². The van der Waals surface area contributed by atoms with Crippen molar-refractivity contribution in [2.75, 3.05) is 27.2 Å². The maximum absolute atomic E-state index is 3.33. The van der Waals surface area contributed by atoms with Crippen LogP contribution in [0.4, 0.5) is 0 Å². The van der Waals surface area contributed by atoms with Gasteiger partial charge in [-0.15, -0.1) is 0 Å². The van der Waals surface area contributed by atoms with Gasteiger partial charge in [-0.25, -0.2) is 0 Å². The predicted octanol–water partition coefficient (Wildman–Crippen LogP) is 2.52. The minimum absolute atomic E-state index is 0.585. The standard InChI is InChI=1S/C15H24N2/c1-11-5-6-13(9-12(11)2)15-14(10-16-3)7-8-17(15)4/h5-6,9,14-16H,7-8,10H2,1-4H3. The highest BCUT2D eigenvalue weighted by molar-refractivity contribution is 5.32. The molecule has 1 aromatic carbocycles. The Morgan fingerprint density at radius 2 is 2.06 bits per heavy atom. The van der Waals surface area contributed by atoms with Crippen molar-refractivity contribution in [1.29, 1.82) is 0 Å². The van der Waals surface area contributed by atoms with Crippen molar-refractivity contribution in [3.05, 3.63) is 34.9 Å². The highest BCUT2D eigenvalue weighted by atomic mass is 15.2. The molecule has 1 fully saturated rings. The van der Waals surface area contributed by atoms with Crippen molar-refractivity contribution < 1.29 is 0 Å². The molecule has 2 atom stereocenters. The molecule has 1 aliphatic heterocycles. The largest absolute Gasteiger partial charge is 0.319 e. The number of aryl methyl sites for hydroxylation is 2. The van der Waals surface area contributed by atoms with Crippen molar-refractivity contribution in [2.24, 2.45) is 5.92 Å². The van der Waals surface area contributed by atoms with Crippen LogP contribution in [-0.2, 0) is 0 Å². The first kappa shape index (κ1) is 12.6. The molecule has 2 nitrogen and oxygen atoms in total. The van der Waals surface area contributed by atoms with E-state index in [4.69, 9.17) is 0 Å². The summed E-state index contributed by atoms with van der Waals surface area (Å²) in [6, 6.07) is 7.51. The van der Waals surface area contributed by atoms with Crippen molar-refractivity contribution in [2.45, 2.75) is 26.3 Å². The number of likely N-dealkylation sites (tertiary alicyclic amines) is 1. The molecule has 2 rings (SSSR count). The second-order valence-electron chi connectivity index (χ2n) is 5.38. The molecule has 0 aromatic heterocycles. The number of benzene rings is 1. The molecule has 1 aliphatic rings. The van der Waals surface area contributed by atoms with E-state index in [0.717, 1.165) is 12.5 Å². The summed E-state index contributed by atoms with van der Waals surface area (Å²) in [5.41, 5.74) is 4.28. The van der Waals surface area contributed by atoms with Gasteiger partial charge in [0.1, 0.15) is 0 Å². The molecular weight excluding hydrogens is 208 g/mol. The van der Waals surface area contributed by atoms with Crippen molar-refractivity contribution >= 4 is 0 Å². The zero-order chi connectivity index (χ0) is 12.4. The highest BCUT2D eigenvalue weighted by Crippen LogP contribution is 2.36. The van der Waals surface area contributed by atoms with Crippen LogP contribution in [0.15, 0.2) is 18.2 Å². The van der Waals surface area contributed by atoms with Crippen LogP contribution in [0.2, 0.25) is 0 Å². The fourth-order valence-corrected chi connectivity index (χ4v) is 2.98. The molecule has 17 heavy (non-hydrogen) atoms. The van der Waals surface area contributed by atoms with Gasteiger partial charge in [0.15, 0.2) is 0 Å². The Hall–Kier alpha value is -0.860. The zero-order valence-corrected chi connectivity index (χ0v) is 11.5. The molecule has 0 saturated carbocycles. The van der Waals surface area contributed by atoms with E-state index in [-0.39, 0.29) is 0 Å². The summed E-state index contributed by atoms with van der Waals surface area (Å²) in [4.78, 5) is 2.49. The minimum atomic E-state index is 0.585. The fraction of sp³-hybridized carbons (Fsp3) is 0.600. The van der Waals surface area contributed by atoms with Crippen molar-refractivity contribution in [3.8, 4) is 0 Å². The van der Waals surface area contributed by atoms with Gasteiger partial charge in [-0.1, -0.05) is 18.2 Å². The SMILES string of the molecule is CNCC1CCN(C)C1c1ccc(C)c(C)c1. The highest BCUT2D eigenvalue weighted by Gasteiger charge is 2.32. The maximum Gasteiger partial charge on any atom is 0.0385 e. The normalized spacial score (nSPS) is 25.4. The Bertz CT molecular complexity index is 385. The molecule has 1 saturated heterocycles.